The highest BCUT2D eigenvalue weighted by Crippen LogP contribution is 2.23. The molecule has 1 amide bonds. The van der Waals surface area contributed by atoms with Crippen molar-refractivity contribution in [2.24, 2.45) is 0 Å². The third-order valence-corrected chi connectivity index (χ3v) is 4.52. The van der Waals surface area contributed by atoms with Gasteiger partial charge >= 0.3 is 5.97 Å². The monoisotopic (exact) mass is 411 g/mol. The number of anilines is 1. The van der Waals surface area contributed by atoms with Crippen LogP contribution in [0, 0.1) is 30.9 Å². The van der Waals surface area contributed by atoms with Crippen LogP contribution in [0.15, 0.2) is 30.3 Å². The van der Waals surface area contributed by atoms with Gasteiger partial charge in [-0.1, -0.05) is 0 Å². The number of rotatable bonds is 6. The Morgan fingerprint density at radius 1 is 1.23 bits per heavy atom. The number of esters is 1. The van der Waals surface area contributed by atoms with Crippen molar-refractivity contribution < 1.29 is 19.2 Å². The van der Waals surface area contributed by atoms with E-state index in [1.807, 2.05) is 0 Å². The molecule has 1 aromatic carbocycles. The first kappa shape index (κ1) is 20.8. The standard InChI is InChI=1S/C20H21N5O5/c1-5-30-20(27)17-12(3)18(21-13(17)4)19(26)22-16-10-11(2)23-24(16)14-6-8-15(9-7-14)25(28)29/h6-10,21H,5H2,1-4H3,(H,22,26). The first-order chi connectivity index (χ1) is 14.2. The highest BCUT2D eigenvalue weighted by Gasteiger charge is 2.24. The van der Waals surface area contributed by atoms with Gasteiger partial charge in [0.15, 0.2) is 0 Å². The molecule has 0 saturated carbocycles. The van der Waals surface area contributed by atoms with Crippen LogP contribution in [0.3, 0.4) is 0 Å². The molecule has 0 aliphatic heterocycles. The molecule has 0 spiro atoms. The summed E-state index contributed by atoms with van der Waals surface area (Å²) in [4.78, 5) is 38.4. The molecule has 2 aromatic heterocycles. The predicted octanol–water partition coefficient (Wildman–Crippen LogP) is 3.46. The molecule has 0 aliphatic rings. The van der Waals surface area contributed by atoms with Crippen LogP contribution in [-0.2, 0) is 4.74 Å². The lowest BCUT2D eigenvalue weighted by atomic mass is 10.1. The summed E-state index contributed by atoms with van der Waals surface area (Å²) >= 11 is 0. The second kappa shape index (κ2) is 8.19. The first-order valence-electron chi connectivity index (χ1n) is 9.22. The van der Waals surface area contributed by atoms with Gasteiger partial charge in [-0.3, -0.25) is 14.9 Å². The van der Waals surface area contributed by atoms with Crippen LogP contribution in [0.5, 0.6) is 0 Å². The van der Waals surface area contributed by atoms with Gasteiger partial charge in [0.2, 0.25) is 0 Å². The van der Waals surface area contributed by atoms with E-state index < -0.39 is 16.8 Å². The predicted molar refractivity (Wildman–Crippen MR) is 109 cm³/mol. The zero-order chi connectivity index (χ0) is 22.0. The highest BCUT2D eigenvalue weighted by molar-refractivity contribution is 6.06. The van der Waals surface area contributed by atoms with Crippen LogP contribution in [0.2, 0.25) is 0 Å². The SMILES string of the molecule is CCOC(=O)c1c(C)[nH]c(C(=O)Nc2cc(C)nn2-c2ccc([N+](=O)[O-])cc2)c1C. The van der Waals surface area contributed by atoms with Gasteiger partial charge in [-0.15, -0.1) is 0 Å². The molecule has 0 fully saturated rings. The maximum atomic E-state index is 12.9. The molecule has 0 saturated heterocycles. The third-order valence-electron chi connectivity index (χ3n) is 4.52. The number of nitrogens with one attached hydrogen (secondary N) is 2. The molecule has 0 aliphatic carbocycles. The molecular weight excluding hydrogens is 390 g/mol. The Hall–Kier alpha value is -3.95. The number of hydrogen-bond acceptors (Lipinski definition) is 6. The lowest BCUT2D eigenvalue weighted by Gasteiger charge is -2.09. The molecule has 2 heterocycles. The van der Waals surface area contributed by atoms with Crippen molar-refractivity contribution in [2.75, 3.05) is 11.9 Å². The number of aromatic nitrogens is 3. The number of non-ortho nitro benzene ring substituents is 1. The number of nitro groups is 1. The van der Waals surface area contributed by atoms with Gasteiger partial charge in [0, 0.05) is 23.9 Å². The molecule has 0 radical (unpaired) electrons. The smallest absolute Gasteiger partial charge is 0.340 e. The second-order valence-corrected chi connectivity index (χ2v) is 6.66. The fourth-order valence-corrected chi connectivity index (χ4v) is 3.17. The molecule has 3 rings (SSSR count). The fraction of sp³-hybridized carbons (Fsp3) is 0.250. The van der Waals surface area contributed by atoms with Crippen LogP contribution in [0.4, 0.5) is 11.5 Å². The van der Waals surface area contributed by atoms with Crippen molar-refractivity contribution in [1.82, 2.24) is 14.8 Å². The Morgan fingerprint density at radius 2 is 1.90 bits per heavy atom. The summed E-state index contributed by atoms with van der Waals surface area (Å²) in [5.74, 6) is -0.556. The number of amides is 1. The van der Waals surface area contributed by atoms with E-state index >= 15 is 0 Å². The maximum Gasteiger partial charge on any atom is 0.340 e. The van der Waals surface area contributed by atoms with Crippen LogP contribution < -0.4 is 5.32 Å². The third kappa shape index (κ3) is 3.93. The van der Waals surface area contributed by atoms with E-state index in [0.29, 0.717) is 34.0 Å². The molecular formula is C20H21N5O5. The lowest BCUT2D eigenvalue weighted by Crippen LogP contribution is -2.17. The number of H-pyrrole nitrogens is 1. The molecule has 2 N–H and O–H groups in total. The number of nitrogens with zero attached hydrogens (tertiary/aromatic N) is 3. The number of ether oxygens (including phenoxy) is 1. The van der Waals surface area contributed by atoms with Crippen LogP contribution in [-0.4, -0.2) is 38.2 Å². The number of aromatic amines is 1. The molecule has 3 aromatic rings. The van der Waals surface area contributed by atoms with Crippen LogP contribution in [0.1, 0.15) is 44.7 Å². The summed E-state index contributed by atoms with van der Waals surface area (Å²) in [6, 6.07) is 7.49. The van der Waals surface area contributed by atoms with E-state index in [9.17, 15) is 19.7 Å². The quantitative estimate of drug-likeness (QED) is 0.363. The average molecular weight is 411 g/mol. The Bertz CT molecular complexity index is 1130. The van der Waals surface area contributed by atoms with Crippen molar-refractivity contribution in [3.63, 3.8) is 0 Å². The van der Waals surface area contributed by atoms with Crippen molar-refractivity contribution in [1.29, 1.82) is 0 Å². The Morgan fingerprint density at radius 3 is 2.50 bits per heavy atom. The van der Waals surface area contributed by atoms with Crippen molar-refractivity contribution in [3.05, 3.63) is 68.7 Å². The van der Waals surface area contributed by atoms with E-state index in [2.05, 4.69) is 15.4 Å². The second-order valence-electron chi connectivity index (χ2n) is 6.66. The van der Waals surface area contributed by atoms with Gasteiger partial charge in [0.05, 0.1) is 28.5 Å². The van der Waals surface area contributed by atoms with Crippen LogP contribution in [0.25, 0.3) is 5.69 Å². The highest BCUT2D eigenvalue weighted by atomic mass is 16.6. The van der Waals surface area contributed by atoms with Gasteiger partial charge in [-0.05, 0) is 45.4 Å². The Labute approximate surface area is 172 Å². The molecule has 10 heteroatoms. The zero-order valence-corrected chi connectivity index (χ0v) is 17.0. The molecule has 156 valence electrons. The minimum absolute atomic E-state index is 0.0443. The zero-order valence-electron chi connectivity index (χ0n) is 17.0. The van der Waals surface area contributed by atoms with Crippen molar-refractivity contribution in [3.8, 4) is 5.69 Å². The van der Waals surface area contributed by atoms with Gasteiger partial charge in [-0.25, -0.2) is 9.48 Å². The average Bonchev–Trinajstić information content (AvgIpc) is 3.20. The van der Waals surface area contributed by atoms with E-state index in [1.54, 1.807) is 45.9 Å². The van der Waals surface area contributed by atoms with E-state index in [4.69, 9.17) is 4.74 Å². The van der Waals surface area contributed by atoms with Gasteiger partial charge in [-0.2, -0.15) is 5.10 Å². The number of carbonyl (C=O) groups is 2. The van der Waals surface area contributed by atoms with Gasteiger partial charge in [0.25, 0.3) is 11.6 Å². The summed E-state index contributed by atoms with van der Waals surface area (Å²) in [5, 5.41) is 18.0. The number of nitro benzene ring substituents is 1. The molecule has 30 heavy (non-hydrogen) atoms. The summed E-state index contributed by atoms with van der Waals surface area (Å²) in [6.07, 6.45) is 0. The van der Waals surface area contributed by atoms with Crippen LogP contribution >= 0.6 is 0 Å². The Kier molecular flexibility index (Phi) is 5.67. The van der Waals surface area contributed by atoms with E-state index in [-0.39, 0.29) is 18.0 Å². The largest absolute Gasteiger partial charge is 0.462 e. The summed E-state index contributed by atoms with van der Waals surface area (Å²) in [6.45, 7) is 7.08. The number of hydrogen-bond donors (Lipinski definition) is 2. The summed E-state index contributed by atoms with van der Waals surface area (Å²) in [7, 11) is 0. The lowest BCUT2D eigenvalue weighted by molar-refractivity contribution is -0.384. The van der Waals surface area contributed by atoms with Gasteiger partial charge < -0.3 is 15.0 Å². The van der Waals surface area contributed by atoms with Crippen molar-refractivity contribution >= 4 is 23.4 Å². The van der Waals surface area contributed by atoms with E-state index in [1.165, 1.54) is 16.8 Å². The Balaban J connectivity index is 1.91. The molecule has 0 unspecified atom stereocenters. The fourth-order valence-electron chi connectivity index (χ4n) is 3.17. The number of aryl methyl sites for hydroxylation is 2. The minimum Gasteiger partial charge on any atom is -0.462 e. The van der Waals surface area contributed by atoms with Gasteiger partial charge in [0.1, 0.15) is 11.5 Å². The number of carbonyl (C=O) groups excluding carboxylic acids is 2. The minimum atomic E-state index is -0.491. The normalized spacial score (nSPS) is 10.7. The molecule has 10 nitrogen and oxygen atoms in total. The first-order valence-corrected chi connectivity index (χ1v) is 9.22. The summed E-state index contributed by atoms with van der Waals surface area (Å²) < 4.78 is 6.54. The summed E-state index contributed by atoms with van der Waals surface area (Å²) in [5.41, 5.74) is 2.76. The molecule has 0 bridgehead atoms. The van der Waals surface area contributed by atoms with Crippen molar-refractivity contribution in [2.45, 2.75) is 27.7 Å². The molecule has 0 atom stereocenters. The maximum absolute atomic E-state index is 12.9. The number of benzene rings is 1. The van der Waals surface area contributed by atoms with E-state index in [0.717, 1.165) is 0 Å². The topological polar surface area (TPSA) is 132 Å².